The zero-order valence-electron chi connectivity index (χ0n) is 10.1. The molecule has 1 N–H and O–H groups in total. The predicted molar refractivity (Wildman–Crippen MR) is 74.2 cm³/mol. The van der Waals surface area contributed by atoms with Crippen LogP contribution in [0.15, 0.2) is 18.2 Å². The third kappa shape index (κ3) is 3.87. The first-order chi connectivity index (χ1) is 8.65. The molecule has 1 amide bonds. The van der Waals surface area contributed by atoms with E-state index in [2.05, 4.69) is 5.32 Å². The van der Waals surface area contributed by atoms with E-state index in [4.69, 9.17) is 23.2 Å². The van der Waals surface area contributed by atoms with Crippen LogP contribution in [0, 0.1) is 0 Å². The molecule has 1 aliphatic heterocycles. The maximum absolute atomic E-state index is 12.0. The highest BCUT2D eigenvalue weighted by Gasteiger charge is 2.15. The summed E-state index contributed by atoms with van der Waals surface area (Å²) in [6.45, 7) is 3.37. The molecule has 1 aromatic carbocycles. The van der Waals surface area contributed by atoms with Crippen LogP contribution in [0.1, 0.15) is 12.0 Å². The number of aryl methyl sites for hydroxylation is 1. The molecule has 1 saturated heterocycles. The maximum atomic E-state index is 12.0. The molecule has 1 heterocycles. The van der Waals surface area contributed by atoms with Crippen LogP contribution in [-0.4, -0.2) is 37.0 Å². The zero-order valence-corrected chi connectivity index (χ0v) is 11.6. The molecule has 5 heteroatoms. The minimum Gasteiger partial charge on any atom is -0.340 e. The number of rotatable bonds is 3. The summed E-state index contributed by atoms with van der Waals surface area (Å²) >= 11 is 11.9. The molecule has 0 spiro atoms. The summed E-state index contributed by atoms with van der Waals surface area (Å²) in [4.78, 5) is 13.9. The molecule has 0 bridgehead atoms. The van der Waals surface area contributed by atoms with Crippen molar-refractivity contribution in [1.29, 1.82) is 0 Å². The fourth-order valence-corrected chi connectivity index (χ4v) is 2.65. The monoisotopic (exact) mass is 286 g/mol. The summed E-state index contributed by atoms with van der Waals surface area (Å²) in [6.07, 6.45) is 1.19. The molecule has 1 aliphatic rings. The number of nitrogens with one attached hydrogen (secondary N) is 1. The Bertz CT molecular complexity index is 411. The van der Waals surface area contributed by atoms with E-state index in [0.717, 1.165) is 31.7 Å². The van der Waals surface area contributed by atoms with Crippen molar-refractivity contribution in [2.75, 3.05) is 26.2 Å². The second kappa shape index (κ2) is 6.41. The Kier molecular flexibility index (Phi) is 4.87. The van der Waals surface area contributed by atoms with Crippen molar-refractivity contribution < 1.29 is 4.79 Å². The minimum atomic E-state index is 0.201. The molecule has 18 heavy (non-hydrogen) atoms. The normalized spacial score (nSPS) is 15.8. The Balaban J connectivity index is 1.88. The molecule has 0 saturated carbocycles. The lowest BCUT2D eigenvalue weighted by molar-refractivity contribution is -0.131. The van der Waals surface area contributed by atoms with Gasteiger partial charge in [0.1, 0.15) is 0 Å². The van der Waals surface area contributed by atoms with Gasteiger partial charge >= 0.3 is 0 Å². The number of amides is 1. The van der Waals surface area contributed by atoms with Crippen molar-refractivity contribution in [2.24, 2.45) is 0 Å². The van der Waals surface area contributed by atoms with Gasteiger partial charge in [0.15, 0.2) is 0 Å². The Morgan fingerprint density at radius 1 is 1.17 bits per heavy atom. The van der Waals surface area contributed by atoms with Gasteiger partial charge in [-0.1, -0.05) is 23.2 Å². The van der Waals surface area contributed by atoms with E-state index >= 15 is 0 Å². The Morgan fingerprint density at radius 3 is 2.39 bits per heavy atom. The van der Waals surface area contributed by atoms with E-state index in [1.165, 1.54) is 0 Å². The summed E-state index contributed by atoms with van der Waals surface area (Å²) in [5.41, 5.74) is 1.01. The molecule has 0 atom stereocenters. The lowest BCUT2D eigenvalue weighted by Gasteiger charge is -2.27. The number of piperazine rings is 1. The summed E-state index contributed by atoms with van der Waals surface area (Å²) < 4.78 is 0. The molecule has 0 radical (unpaired) electrons. The van der Waals surface area contributed by atoms with E-state index in [9.17, 15) is 4.79 Å². The first-order valence-corrected chi connectivity index (χ1v) is 6.84. The lowest BCUT2D eigenvalue weighted by Crippen LogP contribution is -2.46. The molecule has 1 fully saturated rings. The summed E-state index contributed by atoms with van der Waals surface area (Å²) in [5, 5.41) is 4.46. The zero-order chi connectivity index (χ0) is 13.0. The average Bonchev–Trinajstić information content (AvgIpc) is 2.36. The van der Waals surface area contributed by atoms with Crippen LogP contribution in [0.2, 0.25) is 10.0 Å². The van der Waals surface area contributed by atoms with E-state index in [0.29, 0.717) is 22.9 Å². The van der Waals surface area contributed by atoms with Crippen LogP contribution in [0.5, 0.6) is 0 Å². The molecule has 0 aromatic heterocycles. The van der Waals surface area contributed by atoms with Gasteiger partial charge in [0, 0.05) is 42.6 Å². The number of carbonyl (C=O) groups is 1. The smallest absolute Gasteiger partial charge is 0.222 e. The van der Waals surface area contributed by atoms with Gasteiger partial charge in [-0.3, -0.25) is 4.79 Å². The van der Waals surface area contributed by atoms with Crippen LogP contribution < -0.4 is 5.32 Å². The number of hydrogen-bond acceptors (Lipinski definition) is 2. The van der Waals surface area contributed by atoms with Gasteiger partial charge in [-0.05, 0) is 30.2 Å². The van der Waals surface area contributed by atoms with E-state index in [1.807, 2.05) is 17.0 Å². The Hall–Kier alpha value is -0.770. The van der Waals surface area contributed by atoms with E-state index < -0.39 is 0 Å². The van der Waals surface area contributed by atoms with Crippen LogP contribution >= 0.6 is 23.2 Å². The molecule has 0 unspecified atom stereocenters. The van der Waals surface area contributed by atoms with Gasteiger partial charge in [0.25, 0.3) is 0 Å². The molecule has 98 valence electrons. The fourth-order valence-electron chi connectivity index (χ4n) is 2.08. The number of hydrogen-bond donors (Lipinski definition) is 1. The van der Waals surface area contributed by atoms with Crippen molar-refractivity contribution in [3.63, 3.8) is 0 Å². The van der Waals surface area contributed by atoms with Crippen molar-refractivity contribution in [1.82, 2.24) is 10.2 Å². The standard InChI is InChI=1S/C13H16Cl2N2O/c14-11-7-10(8-12(15)9-11)1-2-13(18)17-5-3-16-4-6-17/h7-9,16H,1-6H2. The van der Waals surface area contributed by atoms with Gasteiger partial charge in [0.2, 0.25) is 5.91 Å². The molecule has 1 aromatic rings. The third-order valence-corrected chi connectivity index (χ3v) is 3.46. The maximum Gasteiger partial charge on any atom is 0.222 e. The van der Waals surface area contributed by atoms with Gasteiger partial charge in [-0.15, -0.1) is 0 Å². The van der Waals surface area contributed by atoms with Crippen LogP contribution in [0.3, 0.4) is 0 Å². The summed E-state index contributed by atoms with van der Waals surface area (Å²) in [5.74, 6) is 0.201. The predicted octanol–water partition coefficient (Wildman–Crippen LogP) is 2.36. The van der Waals surface area contributed by atoms with Gasteiger partial charge in [0.05, 0.1) is 0 Å². The van der Waals surface area contributed by atoms with Crippen LogP contribution in [-0.2, 0) is 11.2 Å². The van der Waals surface area contributed by atoms with E-state index in [1.54, 1.807) is 6.07 Å². The van der Waals surface area contributed by atoms with Gasteiger partial charge in [-0.25, -0.2) is 0 Å². The Labute approximate surface area is 117 Å². The SMILES string of the molecule is O=C(CCc1cc(Cl)cc(Cl)c1)N1CCNCC1. The largest absolute Gasteiger partial charge is 0.340 e. The molecule has 2 rings (SSSR count). The van der Waals surface area contributed by atoms with Crippen molar-refractivity contribution in [3.05, 3.63) is 33.8 Å². The van der Waals surface area contributed by atoms with Crippen LogP contribution in [0.4, 0.5) is 0 Å². The van der Waals surface area contributed by atoms with Crippen LogP contribution in [0.25, 0.3) is 0 Å². The van der Waals surface area contributed by atoms with Gasteiger partial charge in [-0.2, -0.15) is 0 Å². The van der Waals surface area contributed by atoms with Crippen molar-refractivity contribution >= 4 is 29.1 Å². The number of halogens is 2. The molecular weight excluding hydrogens is 271 g/mol. The molecular formula is C13H16Cl2N2O. The first kappa shape index (κ1) is 13.7. The number of carbonyl (C=O) groups excluding carboxylic acids is 1. The summed E-state index contributed by atoms with van der Waals surface area (Å²) in [6, 6.07) is 5.42. The first-order valence-electron chi connectivity index (χ1n) is 6.08. The number of benzene rings is 1. The highest BCUT2D eigenvalue weighted by molar-refractivity contribution is 6.34. The topological polar surface area (TPSA) is 32.3 Å². The second-order valence-electron chi connectivity index (χ2n) is 4.41. The number of nitrogens with zero attached hydrogens (tertiary/aromatic N) is 1. The quantitative estimate of drug-likeness (QED) is 0.925. The van der Waals surface area contributed by atoms with Gasteiger partial charge < -0.3 is 10.2 Å². The van der Waals surface area contributed by atoms with Crippen molar-refractivity contribution in [3.8, 4) is 0 Å². The molecule has 3 nitrogen and oxygen atoms in total. The molecule has 0 aliphatic carbocycles. The fraction of sp³-hybridized carbons (Fsp3) is 0.462. The second-order valence-corrected chi connectivity index (χ2v) is 5.28. The van der Waals surface area contributed by atoms with Crippen molar-refractivity contribution in [2.45, 2.75) is 12.8 Å². The summed E-state index contributed by atoms with van der Waals surface area (Å²) in [7, 11) is 0. The highest BCUT2D eigenvalue weighted by atomic mass is 35.5. The van der Waals surface area contributed by atoms with E-state index in [-0.39, 0.29) is 5.91 Å². The highest BCUT2D eigenvalue weighted by Crippen LogP contribution is 2.20. The minimum absolute atomic E-state index is 0.201. The average molecular weight is 287 g/mol. The lowest BCUT2D eigenvalue weighted by atomic mass is 10.1. The third-order valence-electron chi connectivity index (χ3n) is 3.02. The Morgan fingerprint density at radius 2 is 1.78 bits per heavy atom.